The van der Waals surface area contributed by atoms with Gasteiger partial charge in [-0.15, -0.1) is 0 Å². The monoisotopic (exact) mass is 311 g/mol. The zero-order valence-electron chi connectivity index (χ0n) is 13.0. The highest BCUT2D eigenvalue weighted by Crippen LogP contribution is 2.36. The van der Waals surface area contributed by atoms with Crippen LogP contribution in [0.1, 0.15) is 28.3 Å². The Labute approximate surface area is 134 Å². The number of methoxy groups -OCH3 is 2. The van der Waals surface area contributed by atoms with E-state index < -0.39 is 5.92 Å². The number of ether oxygens (including phenoxy) is 2. The number of Topliss-reactive ketones (excluding diaryl/α,β-unsaturated/α-hetero) is 1. The first-order chi connectivity index (χ1) is 11.1. The molecule has 1 amide bonds. The Bertz CT molecular complexity index is 769. The molecule has 1 atom stereocenters. The number of hydrogen-bond donors (Lipinski definition) is 1. The van der Waals surface area contributed by atoms with Crippen LogP contribution in [0.3, 0.4) is 0 Å². The second-order valence-corrected chi connectivity index (χ2v) is 5.33. The van der Waals surface area contributed by atoms with Gasteiger partial charge in [-0.3, -0.25) is 9.59 Å². The number of para-hydroxylation sites is 1. The maximum absolute atomic E-state index is 12.5. The average Bonchev–Trinajstić information content (AvgIpc) is 2.89. The summed E-state index contributed by atoms with van der Waals surface area (Å²) in [5.74, 6) is 0.359. The van der Waals surface area contributed by atoms with Gasteiger partial charge in [-0.1, -0.05) is 18.2 Å². The molecule has 0 radical (unpaired) electrons. The van der Waals surface area contributed by atoms with Crippen molar-refractivity contribution in [3.8, 4) is 11.5 Å². The SMILES string of the molecule is COc1ccc(C(=O)C[C@@H]2C(=O)Nc3ccccc32)cc1OC. The minimum atomic E-state index is -0.452. The highest BCUT2D eigenvalue weighted by atomic mass is 16.5. The van der Waals surface area contributed by atoms with Crippen LogP contribution < -0.4 is 14.8 Å². The molecule has 0 aromatic heterocycles. The fraction of sp³-hybridized carbons (Fsp3) is 0.222. The van der Waals surface area contributed by atoms with Crippen molar-refractivity contribution in [3.63, 3.8) is 0 Å². The van der Waals surface area contributed by atoms with Crippen LogP contribution in [0.2, 0.25) is 0 Å². The Morgan fingerprint density at radius 3 is 2.57 bits per heavy atom. The summed E-state index contributed by atoms with van der Waals surface area (Å²) in [6, 6.07) is 12.5. The standard InChI is InChI=1S/C18H17NO4/c1-22-16-8-7-11(9-17(16)23-2)15(20)10-13-12-5-3-4-6-14(12)19-18(13)21/h3-9,13H,10H2,1-2H3,(H,19,21)/t13-/m0/s1. The van der Waals surface area contributed by atoms with Crippen LogP contribution in [0.5, 0.6) is 11.5 Å². The van der Waals surface area contributed by atoms with Gasteiger partial charge in [0.1, 0.15) is 0 Å². The summed E-state index contributed by atoms with van der Waals surface area (Å²) in [5.41, 5.74) is 2.15. The second-order valence-electron chi connectivity index (χ2n) is 5.33. The topological polar surface area (TPSA) is 64.6 Å². The predicted octanol–water partition coefficient (Wildman–Crippen LogP) is 3.01. The molecule has 5 nitrogen and oxygen atoms in total. The lowest BCUT2D eigenvalue weighted by Gasteiger charge is -2.11. The molecule has 2 aromatic rings. The first kappa shape index (κ1) is 15.1. The molecule has 0 aliphatic carbocycles. The number of carbonyl (C=O) groups is 2. The molecule has 0 fully saturated rings. The Morgan fingerprint density at radius 1 is 1.09 bits per heavy atom. The number of hydrogen-bond acceptors (Lipinski definition) is 4. The molecule has 1 N–H and O–H groups in total. The molecule has 2 aromatic carbocycles. The number of benzene rings is 2. The van der Waals surface area contributed by atoms with Gasteiger partial charge in [0.25, 0.3) is 0 Å². The summed E-state index contributed by atoms with van der Waals surface area (Å²) in [5, 5.41) is 2.81. The van der Waals surface area contributed by atoms with Crippen molar-refractivity contribution in [2.45, 2.75) is 12.3 Å². The van der Waals surface area contributed by atoms with Gasteiger partial charge in [0.2, 0.25) is 5.91 Å². The normalized spacial score (nSPS) is 15.7. The lowest BCUT2D eigenvalue weighted by atomic mass is 9.92. The van der Waals surface area contributed by atoms with Gasteiger partial charge in [-0.05, 0) is 29.8 Å². The van der Waals surface area contributed by atoms with Crippen molar-refractivity contribution < 1.29 is 19.1 Å². The molecule has 1 aliphatic rings. The summed E-state index contributed by atoms with van der Waals surface area (Å²) < 4.78 is 10.4. The quantitative estimate of drug-likeness (QED) is 0.862. The van der Waals surface area contributed by atoms with Crippen LogP contribution in [-0.2, 0) is 4.79 Å². The molecule has 23 heavy (non-hydrogen) atoms. The first-order valence-electron chi connectivity index (χ1n) is 7.29. The van der Waals surface area contributed by atoms with E-state index in [0.29, 0.717) is 17.1 Å². The van der Waals surface area contributed by atoms with Crippen LogP contribution >= 0.6 is 0 Å². The van der Waals surface area contributed by atoms with Gasteiger partial charge in [-0.25, -0.2) is 0 Å². The van der Waals surface area contributed by atoms with Crippen LogP contribution in [0, 0.1) is 0 Å². The molecule has 118 valence electrons. The van der Waals surface area contributed by atoms with E-state index in [2.05, 4.69) is 5.32 Å². The molecular weight excluding hydrogens is 294 g/mol. The van der Waals surface area contributed by atoms with Gasteiger partial charge in [0.05, 0.1) is 20.1 Å². The zero-order chi connectivity index (χ0) is 16.4. The van der Waals surface area contributed by atoms with E-state index in [4.69, 9.17) is 9.47 Å². The third-order valence-electron chi connectivity index (χ3n) is 4.01. The Hall–Kier alpha value is -2.82. The molecule has 1 aliphatic heterocycles. The van der Waals surface area contributed by atoms with Crippen molar-refractivity contribution in [2.24, 2.45) is 0 Å². The number of fused-ring (bicyclic) bond motifs is 1. The van der Waals surface area contributed by atoms with Crippen LogP contribution in [0.25, 0.3) is 0 Å². The number of carbonyl (C=O) groups excluding carboxylic acids is 2. The minimum Gasteiger partial charge on any atom is -0.493 e. The number of rotatable bonds is 5. The van der Waals surface area contributed by atoms with Gasteiger partial charge in [-0.2, -0.15) is 0 Å². The van der Waals surface area contributed by atoms with Crippen molar-refractivity contribution in [1.82, 2.24) is 0 Å². The highest BCUT2D eigenvalue weighted by Gasteiger charge is 2.32. The van der Waals surface area contributed by atoms with E-state index >= 15 is 0 Å². The van der Waals surface area contributed by atoms with Gasteiger partial charge in [0, 0.05) is 17.7 Å². The molecule has 3 rings (SSSR count). The number of anilines is 1. The predicted molar refractivity (Wildman–Crippen MR) is 86.3 cm³/mol. The number of ketones is 1. The minimum absolute atomic E-state index is 0.109. The first-order valence-corrected chi connectivity index (χ1v) is 7.29. The maximum atomic E-state index is 12.5. The largest absolute Gasteiger partial charge is 0.493 e. The smallest absolute Gasteiger partial charge is 0.232 e. The van der Waals surface area contributed by atoms with Crippen molar-refractivity contribution in [2.75, 3.05) is 19.5 Å². The lowest BCUT2D eigenvalue weighted by Crippen LogP contribution is -2.16. The van der Waals surface area contributed by atoms with Gasteiger partial charge >= 0.3 is 0 Å². The van der Waals surface area contributed by atoms with Gasteiger partial charge in [0.15, 0.2) is 17.3 Å². The fourth-order valence-electron chi connectivity index (χ4n) is 2.79. The Balaban J connectivity index is 1.84. The molecule has 0 spiro atoms. The van der Waals surface area contributed by atoms with Crippen LogP contribution in [0.4, 0.5) is 5.69 Å². The summed E-state index contributed by atoms with van der Waals surface area (Å²) in [4.78, 5) is 24.7. The summed E-state index contributed by atoms with van der Waals surface area (Å²) >= 11 is 0. The summed E-state index contributed by atoms with van der Waals surface area (Å²) in [6.07, 6.45) is 0.123. The van der Waals surface area contributed by atoms with E-state index in [1.165, 1.54) is 7.11 Å². The van der Waals surface area contributed by atoms with E-state index in [-0.39, 0.29) is 18.1 Å². The summed E-state index contributed by atoms with van der Waals surface area (Å²) in [6.45, 7) is 0. The third kappa shape index (κ3) is 2.77. The zero-order valence-corrected chi connectivity index (χ0v) is 13.0. The van der Waals surface area contributed by atoms with E-state index in [1.54, 1.807) is 25.3 Å². The molecule has 0 saturated heterocycles. The van der Waals surface area contributed by atoms with Gasteiger partial charge < -0.3 is 14.8 Å². The molecule has 5 heteroatoms. The fourth-order valence-corrected chi connectivity index (χ4v) is 2.79. The second kappa shape index (κ2) is 6.12. The average molecular weight is 311 g/mol. The molecule has 0 unspecified atom stereocenters. The van der Waals surface area contributed by atoms with Crippen LogP contribution in [-0.4, -0.2) is 25.9 Å². The molecular formula is C18H17NO4. The van der Waals surface area contributed by atoms with Crippen molar-refractivity contribution in [1.29, 1.82) is 0 Å². The maximum Gasteiger partial charge on any atom is 0.232 e. The lowest BCUT2D eigenvalue weighted by molar-refractivity contribution is -0.117. The van der Waals surface area contributed by atoms with E-state index in [0.717, 1.165) is 11.3 Å². The van der Waals surface area contributed by atoms with Crippen LogP contribution in [0.15, 0.2) is 42.5 Å². The van der Waals surface area contributed by atoms with E-state index in [1.807, 2.05) is 24.3 Å². The molecule has 1 heterocycles. The summed E-state index contributed by atoms with van der Waals surface area (Å²) in [7, 11) is 3.06. The number of amides is 1. The van der Waals surface area contributed by atoms with Crippen molar-refractivity contribution in [3.05, 3.63) is 53.6 Å². The molecule has 0 saturated carbocycles. The molecule has 0 bridgehead atoms. The third-order valence-corrected chi connectivity index (χ3v) is 4.01. The Morgan fingerprint density at radius 2 is 1.83 bits per heavy atom. The van der Waals surface area contributed by atoms with E-state index in [9.17, 15) is 9.59 Å². The van der Waals surface area contributed by atoms with Crippen molar-refractivity contribution >= 4 is 17.4 Å². The number of nitrogens with one attached hydrogen (secondary N) is 1. The highest BCUT2D eigenvalue weighted by molar-refractivity contribution is 6.07. The Kier molecular flexibility index (Phi) is 4.02.